The average molecular weight is 505 g/mol. The minimum Gasteiger partial charge on any atom is -0.487 e. The topological polar surface area (TPSA) is 66.0 Å². The van der Waals surface area contributed by atoms with E-state index in [-0.39, 0.29) is 18.1 Å². The number of rotatable bonds is 10. The maximum atomic E-state index is 13.9. The number of thioether (sulfide) groups is 1. The number of alkyl halides is 3. The highest BCUT2D eigenvalue weighted by Gasteiger charge is 2.30. The molecule has 0 saturated heterocycles. The van der Waals surface area contributed by atoms with E-state index in [1.54, 1.807) is 22.6 Å². The van der Waals surface area contributed by atoms with Crippen LogP contribution in [0.3, 0.4) is 0 Å². The van der Waals surface area contributed by atoms with Crippen molar-refractivity contribution < 1.29 is 26.7 Å². The van der Waals surface area contributed by atoms with E-state index in [9.17, 15) is 17.6 Å². The van der Waals surface area contributed by atoms with Gasteiger partial charge in [0.05, 0.1) is 18.3 Å². The maximum Gasteiger partial charge on any atom is 0.416 e. The zero-order valence-electron chi connectivity index (χ0n) is 18.3. The third kappa shape index (κ3) is 7.19. The molecule has 0 radical (unpaired) electrons. The van der Waals surface area contributed by atoms with Crippen molar-refractivity contribution in [3.63, 3.8) is 0 Å². The van der Waals surface area contributed by atoms with Gasteiger partial charge in [-0.25, -0.2) is 9.37 Å². The zero-order valence-corrected chi connectivity index (χ0v) is 19.1. The molecule has 6 nitrogen and oxygen atoms in total. The first-order valence-electron chi connectivity index (χ1n) is 10.5. The van der Waals surface area contributed by atoms with Crippen molar-refractivity contribution >= 4 is 23.9 Å². The van der Waals surface area contributed by atoms with Crippen molar-refractivity contribution in [1.82, 2.24) is 20.0 Å². The molecular formula is C24H20F4N4O2S. The van der Waals surface area contributed by atoms with Crippen LogP contribution < -0.4 is 4.74 Å². The number of hydrogen-bond donors (Lipinski definition) is 0. The third-order valence-electron chi connectivity index (χ3n) is 4.82. The molecule has 11 heteroatoms. The number of oxazole rings is 1. The number of aryl methyl sites for hydroxylation is 1. The normalized spacial score (nSPS) is 11.9. The Balaban J connectivity index is 1.24. The first-order chi connectivity index (χ1) is 16.9. The van der Waals surface area contributed by atoms with Crippen molar-refractivity contribution in [2.75, 3.05) is 5.75 Å². The standard InChI is InChI=1S/C24H20F4N4O2S/c25-22-13-19(24(26,27)28)5-3-18(22)4-8-23-30-20(15-34-23)14-33-21-6-1-17(2-7-21)16-35-12-11-32-10-9-29-31-32/h1-10,13,15H,11-12,14,16H2. The molecule has 4 aromatic rings. The Labute approximate surface area is 202 Å². The molecule has 0 unspecified atom stereocenters. The van der Waals surface area contributed by atoms with E-state index in [2.05, 4.69) is 15.3 Å². The summed E-state index contributed by atoms with van der Waals surface area (Å²) in [6, 6.07) is 10.1. The van der Waals surface area contributed by atoms with E-state index < -0.39 is 17.6 Å². The van der Waals surface area contributed by atoms with Crippen LogP contribution in [0.25, 0.3) is 12.2 Å². The Morgan fingerprint density at radius 3 is 2.63 bits per heavy atom. The van der Waals surface area contributed by atoms with Crippen molar-refractivity contribution in [2.24, 2.45) is 0 Å². The van der Waals surface area contributed by atoms with E-state index in [1.807, 2.05) is 30.5 Å². The molecule has 0 atom stereocenters. The van der Waals surface area contributed by atoms with E-state index in [0.717, 1.165) is 30.2 Å². The Bertz CT molecular complexity index is 1260. The van der Waals surface area contributed by atoms with E-state index in [1.165, 1.54) is 24.0 Å². The van der Waals surface area contributed by atoms with E-state index in [4.69, 9.17) is 9.15 Å². The van der Waals surface area contributed by atoms with Crippen molar-refractivity contribution in [3.8, 4) is 5.75 Å². The third-order valence-corrected chi connectivity index (χ3v) is 5.83. The van der Waals surface area contributed by atoms with Gasteiger partial charge in [-0.3, -0.25) is 4.68 Å². The summed E-state index contributed by atoms with van der Waals surface area (Å²) in [6.07, 6.45) is 2.98. The van der Waals surface area contributed by atoms with Gasteiger partial charge in [0.15, 0.2) is 0 Å². The van der Waals surface area contributed by atoms with Gasteiger partial charge in [0.25, 0.3) is 0 Å². The molecule has 0 N–H and O–H groups in total. The Morgan fingerprint density at radius 2 is 1.91 bits per heavy atom. The monoisotopic (exact) mass is 504 g/mol. The number of nitrogens with zero attached hydrogens (tertiary/aromatic N) is 4. The fourth-order valence-corrected chi connectivity index (χ4v) is 3.89. The van der Waals surface area contributed by atoms with Gasteiger partial charge in [-0.2, -0.15) is 24.9 Å². The molecule has 0 spiro atoms. The van der Waals surface area contributed by atoms with Crippen LogP contribution in [0.5, 0.6) is 5.75 Å². The maximum absolute atomic E-state index is 13.9. The molecule has 2 aromatic carbocycles. The second-order valence-electron chi connectivity index (χ2n) is 7.40. The van der Waals surface area contributed by atoms with Gasteiger partial charge in [0.1, 0.15) is 30.1 Å². The second kappa shape index (κ2) is 11.2. The first-order valence-corrected chi connectivity index (χ1v) is 11.6. The molecular weight excluding hydrogens is 484 g/mol. The minimum absolute atomic E-state index is 0.00866. The molecule has 0 saturated carbocycles. The Morgan fingerprint density at radius 1 is 1.09 bits per heavy atom. The quantitative estimate of drug-likeness (QED) is 0.192. The van der Waals surface area contributed by atoms with Gasteiger partial charge < -0.3 is 9.15 Å². The summed E-state index contributed by atoms with van der Waals surface area (Å²) in [5.74, 6) is 1.67. The minimum atomic E-state index is -4.60. The first kappa shape index (κ1) is 24.5. The Kier molecular flexibility index (Phi) is 7.86. The van der Waals surface area contributed by atoms with Crippen LogP contribution in [-0.4, -0.2) is 25.7 Å². The highest BCUT2D eigenvalue weighted by molar-refractivity contribution is 7.98. The summed E-state index contributed by atoms with van der Waals surface area (Å²) in [7, 11) is 0. The molecule has 2 heterocycles. The summed E-state index contributed by atoms with van der Waals surface area (Å²) in [4.78, 5) is 4.22. The lowest BCUT2D eigenvalue weighted by molar-refractivity contribution is -0.137. The predicted octanol–water partition coefficient (Wildman–Crippen LogP) is 6.11. The summed E-state index contributed by atoms with van der Waals surface area (Å²) in [5, 5.41) is 7.70. The molecule has 0 bridgehead atoms. The Hall–Kier alpha value is -3.60. The van der Waals surface area contributed by atoms with Gasteiger partial charge >= 0.3 is 6.18 Å². The molecule has 2 aromatic heterocycles. The van der Waals surface area contributed by atoms with E-state index >= 15 is 0 Å². The van der Waals surface area contributed by atoms with Crippen molar-refractivity contribution in [1.29, 1.82) is 0 Å². The highest BCUT2D eigenvalue weighted by Crippen LogP contribution is 2.30. The molecule has 182 valence electrons. The molecule has 0 aliphatic heterocycles. The van der Waals surface area contributed by atoms with Gasteiger partial charge in [0, 0.05) is 29.3 Å². The zero-order chi connectivity index (χ0) is 24.7. The van der Waals surface area contributed by atoms with Gasteiger partial charge in [-0.15, -0.1) is 5.10 Å². The summed E-state index contributed by atoms with van der Waals surface area (Å²) < 4.78 is 64.7. The van der Waals surface area contributed by atoms with Crippen LogP contribution in [0.2, 0.25) is 0 Å². The lowest BCUT2D eigenvalue weighted by Crippen LogP contribution is -2.05. The largest absolute Gasteiger partial charge is 0.487 e. The SMILES string of the molecule is Fc1cc(C(F)(F)F)ccc1C=Cc1nc(COc2ccc(CSCCn3ccnn3)cc2)co1. The number of ether oxygens (including phenoxy) is 1. The van der Waals surface area contributed by atoms with Gasteiger partial charge in [0.2, 0.25) is 5.89 Å². The lowest BCUT2D eigenvalue weighted by Gasteiger charge is -2.07. The number of benzene rings is 2. The second-order valence-corrected chi connectivity index (χ2v) is 8.50. The van der Waals surface area contributed by atoms with Crippen LogP contribution >= 0.6 is 11.8 Å². The smallest absolute Gasteiger partial charge is 0.416 e. The summed E-state index contributed by atoms with van der Waals surface area (Å²) in [5.41, 5.74) is 0.638. The van der Waals surface area contributed by atoms with Gasteiger partial charge in [-0.1, -0.05) is 23.4 Å². The van der Waals surface area contributed by atoms with Crippen LogP contribution in [0.1, 0.15) is 28.3 Å². The van der Waals surface area contributed by atoms with Crippen molar-refractivity contribution in [3.05, 3.63) is 95.2 Å². The molecule has 0 amide bonds. The van der Waals surface area contributed by atoms with Crippen LogP contribution in [-0.2, 0) is 25.1 Å². The van der Waals surface area contributed by atoms with Crippen LogP contribution in [0.4, 0.5) is 17.6 Å². The summed E-state index contributed by atoms with van der Waals surface area (Å²) >= 11 is 1.80. The molecule has 0 aliphatic rings. The fourth-order valence-electron chi connectivity index (χ4n) is 3.00. The predicted molar refractivity (Wildman–Crippen MR) is 124 cm³/mol. The van der Waals surface area contributed by atoms with Crippen LogP contribution in [0, 0.1) is 5.82 Å². The van der Waals surface area contributed by atoms with E-state index in [0.29, 0.717) is 17.5 Å². The fraction of sp³-hybridized carbons (Fsp3) is 0.208. The average Bonchev–Trinajstić information content (AvgIpc) is 3.52. The lowest BCUT2D eigenvalue weighted by atomic mass is 10.1. The number of hydrogen-bond acceptors (Lipinski definition) is 6. The highest BCUT2D eigenvalue weighted by atomic mass is 32.2. The molecule has 4 rings (SSSR count). The van der Waals surface area contributed by atoms with Crippen molar-refractivity contribution in [2.45, 2.75) is 25.1 Å². The number of halogens is 4. The summed E-state index contributed by atoms with van der Waals surface area (Å²) in [6.45, 7) is 0.970. The van der Waals surface area contributed by atoms with Crippen LogP contribution in [0.15, 0.2) is 65.5 Å². The number of aromatic nitrogens is 4. The molecule has 35 heavy (non-hydrogen) atoms. The molecule has 0 aliphatic carbocycles. The van der Waals surface area contributed by atoms with Gasteiger partial charge in [-0.05, 0) is 35.9 Å². The molecule has 0 fully saturated rings.